The molecule has 0 bridgehead atoms. The van der Waals surface area contributed by atoms with E-state index in [0.717, 1.165) is 12.7 Å². The first-order chi connectivity index (χ1) is 13.9. The molecular formula is C20H23I2N3O4. The van der Waals surface area contributed by atoms with Crippen LogP contribution in [0.4, 0.5) is 4.79 Å². The van der Waals surface area contributed by atoms with E-state index < -0.39 is 0 Å². The summed E-state index contributed by atoms with van der Waals surface area (Å²) in [6, 6.07) is 7.87. The molecule has 0 aliphatic carbocycles. The van der Waals surface area contributed by atoms with E-state index in [1.165, 1.54) is 4.57 Å². The number of carbonyl (C=O) groups excluding carboxylic acids is 1. The highest BCUT2D eigenvalue weighted by Crippen LogP contribution is 2.19. The minimum atomic E-state index is -0.387. The highest BCUT2D eigenvalue weighted by molar-refractivity contribution is 14.1. The van der Waals surface area contributed by atoms with Crippen LogP contribution >= 0.6 is 45.2 Å². The van der Waals surface area contributed by atoms with E-state index in [4.69, 9.17) is 4.74 Å². The molecule has 2 aromatic rings. The predicted molar refractivity (Wildman–Crippen MR) is 127 cm³/mol. The molecule has 1 fully saturated rings. The van der Waals surface area contributed by atoms with Gasteiger partial charge in [0.1, 0.15) is 0 Å². The van der Waals surface area contributed by atoms with Crippen molar-refractivity contribution >= 4 is 51.3 Å². The number of carbonyl (C=O) groups is 1. The van der Waals surface area contributed by atoms with Gasteiger partial charge in [-0.1, -0.05) is 6.07 Å². The summed E-state index contributed by atoms with van der Waals surface area (Å²) in [5.74, 6) is -0.208. The van der Waals surface area contributed by atoms with Crippen LogP contribution in [0.25, 0.3) is 0 Å². The van der Waals surface area contributed by atoms with Crippen molar-refractivity contribution in [1.82, 2.24) is 14.4 Å². The van der Waals surface area contributed by atoms with Crippen molar-refractivity contribution in [2.75, 3.05) is 32.8 Å². The number of amides is 1. The zero-order valence-corrected chi connectivity index (χ0v) is 20.4. The Morgan fingerprint density at radius 1 is 1.10 bits per heavy atom. The van der Waals surface area contributed by atoms with Gasteiger partial charge >= 0.3 is 6.09 Å². The Hall–Kier alpha value is -1.34. The third-order valence-corrected chi connectivity index (χ3v) is 6.55. The molecule has 0 atom stereocenters. The number of halogens is 2. The second kappa shape index (κ2) is 10.1. The monoisotopic (exact) mass is 623 g/mol. The van der Waals surface area contributed by atoms with Crippen molar-refractivity contribution in [3.63, 3.8) is 0 Å². The molecule has 1 N–H and O–H groups in total. The fourth-order valence-corrected chi connectivity index (χ4v) is 5.00. The Kier molecular flexibility index (Phi) is 7.79. The zero-order valence-electron chi connectivity index (χ0n) is 16.1. The molecule has 1 aliphatic rings. The Morgan fingerprint density at radius 2 is 1.83 bits per heavy atom. The summed E-state index contributed by atoms with van der Waals surface area (Å²) >= 11 is 4.52. The number of hydrogen-bond donors (Lipinski definition) is 1. The summed E-state index contributed by atoms with van der Waals surface area (Å²) in [6.07, 6.45) is 1.45. The first-order valence-electron chi connectivity index (χ1n) is 9.38. The summed E-state index contributed by atoms with van der Waals surface area (Å²) in [5.41, 5.74) is 1.26. The number of nitrogens with zero attached hydrogens (tertiary/aromatic N) is 3. The van der Waals surface area contributed by atoms with Gasteiger partial charge in [-0.15, -0.1) is 0 Å². The van der Waals surface area contributed by atoms with Crippen LogP contribution in [0.1, 0.15) is 18.1 Å². The normalized spacial score (nSPS) is 14.8. The van der Waals surface area contributed by atoms with Gasteiger partial charge in [-0.2, -0.15) is 0 Å². The molecule has 3 rings (SSSR count). The minimum Gasteiger partial charge on any atom is -0.503 e. The van der Waals surface area contributed by atoms with Crippen molar-refractivity contribution in [2.24, 2.45) is 0 Å². The number of aromatic hydroxyl groups is 1. The van der Waals surface area contributed by atoms with Gasteiger partial charge in [0.05, 0.1) is 13.2 Å². The summed E-state index contributed by atoms with van der Waals surface area (Å²) in [7, 11) is 0. The zero-order chi connectivity index (χ0) is 21.0. The number of aromatic nitrogens is 1. The van der Waals surface area contributed by atoms with Crippen molar-refractivity contribution in [1.29, 1.82) is 0 Å². The second-order valence-electron chi connectivity index (χ2n) is 6.82. The summed E-state index contributed by atoms with van der Waals surface area (Å²) < 4.78 is 8.79. The summed E-state index contributed by atoms with van der Waals surface area (Å²) in [5, 5.41) is 10.5. The first-order valence-corrected chi connectivity index (χ1v) is 11.5. The van der Waals surface area contributed by atoms with Gasteiger partial charge in [-0.05, 0) is 75.9 Å². The summed E-state index contributed by atoms with van der Waals surface area (Å²) in [6.45, 7) is 5.52. The largest absolute Gasteiger partial charge is 0.503 e. The van der Waals surface area contributed by atoms with Crippen LogP contribution in [0.3, 0.4) is 0 Å². The SMILES string of the molecule is CCOC(=O)N1CCN(Cc2ccn(Cc3ccc(I)cc3I)c(=O)c2O)CC1. The van der Waals surface area contributed by atoms with E-state index in [0.29, 0.717) is 51.4 Å². The minimum absolute atomic E-state index is 0.208. The molecule has 9 heteroatoms. The number of hydrogen-bond acceptors (Lipinski definition) is 5. The Labute approximate surface area is 196 Å². The van der Waals surface area contributed by atoms with E-state index >= 15 is 0 Å². The van der Waals surface area contributed by atoms with Crippen LogP contribution in [0.2, 0.25) is 0 Å². The maximum Gasteiger partial charge on any atom is 0.409 e. The van der Waals surface area contributed by atoms with Crippen molar-refractivity contribution in [3.05, 3.63) is 59.1 Å². The molecule has 0 unspecified atom stereocenters. The van der Waals surface area contributed by atoms with Crippen LogP contribution in [-0.2, 0) is 17.8 Å². The van der Waals surface area contributed by atoms with Crippen LogP contribution in [0.5, 0.6) is 5.75 Å². The third kappa shape index (κ3) is 5.63. The molecule has 7 nitrogen and oxygen atoms in total. The van der Waals surface area contributed by atoms with Crippen molar-refractivity contribution in [2.45, 2.75) is 20.0 Å². The fourth-order valence-electron chi connectivity index (χ4n) is 3.23. The number of benzene rings is 1. The lowest BCUT2D eigenvalue weighted by Gasteiger charge is -2.34. The molecule has 0 saturated carbocycles. The molecule has 156 valence electrons. The van der Waals surface area contributed by atoms with Gasteiger partial charge in [-0.25, -0.2) is 4.79 Å². The first kappa shape index (κ1) is 22.3. The maximum absolute atomic E-state index is 12.6. The van der Waals surface area contributed by atoms with Crippen LogP contribution in [0.15, 0.2) is 35.3 Å². The molecule has 1 aromatic carbocycles. The maximum atomic E-state index is 12.6. The molecule has 0 spiro atoms. The van der Waals surface area contributed by atoms with Gasteiger partial charge in [0.15, 0.2) is 5.75 Å². The van der Waals surface area contributed by atoms with Gasteiger partial charge < -0.3 is 19.3 Å². The van der Waals surface area contributed by atoms with Gasteiger partial charge in [-0.3, -0.25) is 9.69 Å². The van der Waals surface area contributed by atoms with E-state index in [2.05, 4.69) is 56.1 Å². The van der Waals surface area contributed by atoms with Crippen molar-refractivity contribution < 1.29 is 14.6 Å². The highest BCUT2D eigenvalue weighted by Gasteiger charge is 2.23. The van der Waals surface area contributed by atoms with Gasteiger partial charge in [0, 0.05) is 51.6 Å². The smallest absolute Gasteiger partial charge is 0.409 e. The van der Waals surface area contributed by atoms with E-state index in [1.54, 1.807) is 24.1 Å². The van der Waals surface area contributed by atoms with Gasteiger partial charge in [0.25, 0.3) is 5.56 Å². The fraction of sp³-hybridized carbons (Fsp3) is 0.400. The average molecular weight is 623 g/mol. The number of piperazine rings is 1. The molecular weight excluding hydrogens is 600 g/mol. The Morgan fingerprint density at radius 3 is 2.48 bits per heavy atom. The van der Waals surface area contributed by atoms with E-state index in [9.17, 15) is 14.7 Å². The standard InChI is InChI=1S/C20H23I2N3O4/c1-2-29-20(28)24-9-7-23(8-10-24)12-15-5-6-25(19(27)18(15)26)13-14-3-4-16(21)11-17(14)22/h3-6,11,26H,2,7-10,12-13H2,1H3. The lowest BCUT2D eigenvalue weighted by molar-refractivity contribution is 0.0776. The van der Waals surface area contributed by atoms with E-state index in [1.807, 2.05) is 12.1 Å². The Balaban J connectivity index is 1.66. The number of ether oxygens (including phenoxy) is 1. The molecule has 1 aliphatic heterocycles. The molecule has 0 radical (unpaired) electrons. The third-order valence-electron chi connectivity index (χ3n) is 4.87. The number of pyridine rings is 1. The average Bonchev–Trinajstić information content (AvgIpc) is 2.70. The molecule has 1 saturated heterocycles. The summed E-state index contributed by atoms with van der Waals surface area (Å²) in [4.78, 5) is 28.2. The number of rotatable bonds is 5. The predicted octanol–water partition coefficient (Wildman–Crippen LogP) is 3.09. The van der Waals surface area contributed by atoms with Gasteiger partial charge in [0.2, 0.25) is 0 Å². The topological polar surface area (TPSA) is 75.0 Å². The highest BCUT2D eigenvalue weighted by atomic mass is 127. The van der Waals surface area contributed by atoms with Crippen LogP contribution in [-0.4, -0.2) is 58.4 Å². The lowest BCUT2D eigenvalue weighted by Crippen LogP contribution is -2.48. The quantitative estimate of drug-likeness (QED) is 0.519. The molecule has 1 aromatic heterocycles. The lowest BCUT2D eigenvalue weighted by atomic mass is 10.2. The second-order valence-corrected chi connectivity index (χ2v) is 9.23. The molecule has 2 heterocycles. The Bertz CT molecular complexity index is 940. The van der Waals surface area contributed by atoms with E-state index in [-0.39, 0.29) is 17.4 Å². The molecule has 1 amide bonds. The molecule has 29 heavy (non-hydrogen) atoms. The van der Waals surface area contributed by atoms with Crippen molar-refractivity contribution in [3.8, 4) is 5.75 Å². The van der Waals surface area contributed by atoms with Crippen LogP contribution in [0, 0.1) is 7.14 Å². The van der Waals surface area contributed by atoms with Crippen LogP contribution < -0.4 is 5.56 Å².